The number of esters is 1. The van der Waals surface area contributed by atoms with Crippen LogP contribution in [0.3, 0.4) is 0 Å². The second kappa shape index (κ2) is 7.17. The van der Waals surface area contributed by atoms with Crippen molar-refractivity contribution in [1.82, 2.24) is 4.90 Å². The SMILES string of the molecule is C[C@H]1C[C@H](C)CN(C(=O)COC(=O)Cc2coc3cc(O)ccc23)C1. The highest BCUT2D eigenvalue weighted by Gasteiger charge is 2.26. The maximum absolute atomic E-state index is 12.2. The number of hydrogen-bond acceptors (Lipinski definition) is 5. The van der Waals surface area contributed by atoms with Gasteiger partial charge in [0, 0.05) is 30.1 Å². The van der Waals surface area contributed by atoms with Gasteiger partial charge in [0.2, 0.25) is 0 Å². The van der Waals surface area contributed by atoms with Gasteiger partial charge in [-0.1, -0.05) is 13.8 Å². The van der Waals surface area contributed by atoms with Crippen LogP contribution in [0.25, 0.3) is 11.0 Å². The molecule has 1 aromatic heterocycles. The topological polar surface area (TPSA) is 80.0 Å². The molecule has 1 saturated heterocycles. The van der Waals surface area contributed by atoms with E-state index in [1.807, 2.05) is 0 Å². The lowest BCUT2D eigenvalue weighted by molar-refractivity contribution is -0.152. The molecule has 25 heavy (non-hydrogen) atoms. The highest BCUT2D eigenvalue weighted by Crippen LogP contribution is 2.25. The number of nitrogens with zero attached hydrogens (tertiary/aromatic N) is 1. The molecule has 1 amide bonds. The van der Waals surface area contributed by atoms with Gasteiger partial charge in [0.15, 0.2) is 6.61 Å². The maximum atomic E-state index is 12.2. The van der Waals surface area contributed by atoms with Crippen LogP contribution in [0.5, 0.6) is 5.75 Å². The lowest BCUT2D eigenvalue weighted by Gasteiger charge is -2.34. The van der Waals surface area contributed by atoms with Crippen molar-refractivity contribution in [3.8, 4) is 5.75 Å². The van der Waals surface area contributed by atoms with E-state index >= 15 is 0 Å². The van der Waals surface area contributed by atoms with Crippen LogP contribution in [0.1, 0.15) is 25.8 Å². The van der Waals surface area contributed by atoms with E-state index in [-0.39, 0.29) is 24.7 Å². The van der Waals surface area contributed by atoms with Crippen LogP contribution < -0.4 is 0 Å². The summed E-state index contributed by atoms with van der Waals surface area (Å²) < 4.78 is 10.5. The second-order valence-corrected chi connectivity index (χ2v) is 7.02. The molecule has 0 saturated carbocycles. The summed E-state index contributed by atoms with van der Waals surface area (Å²) in [5, 5.41) is 10.2. The average Bonchev–Trinajstić information content (AvgIpc) is 2.93. The first-order valence-corrected chi connectivity index (χ1v) is 8.55. The fourth-order valence-corrected chi connectivity index (χ4v) is 3.52. The molecular weight excluding hydrogens is 322 g/mol. The summed E-state index contributed by atoms with van der Waals surface area (Å²) in [6, 6.07) is 4.72. The number of furan rings is 1. The van der Waals surface area contributed by atoms with Crippen LogP contribution in [0.4, 0.5) is 0 Å². The number of carbonyl (C=O) groups is 2. The number of hydrogen-bond donors (Lipinski definition) is 1. The van der Waals surface area contributed by atoms with E-state index in [4.69, 9.17) is 9.15 Å². The number of benzene rings is 1. The minimum absolute atomic E-state index is 0.0257. The van der Waals surface area contributed by atoms with Crippen molar-refractivity contribution in [3.63, 3.8) is 0 Å². The monoisotopic (exact) mass is 345 g/mol. The molecule has 6 heteroatoms. The highest BCUT2D eigenvalue weighted by molar-refractivity contribution is 5.87. The predicted octanol–water partition coefficient (Wildman–Crippen LogP) is 2.73. The number of carbonyl (C=O) groups excluding carboxylic acids is 2. The fourth-order valence-electron chi connectivity index (χ4n) is 3.52. The number of phenolic OH excluding ortho intramolecular Hbond substituents is 1. The molecule has 6 nitrogen and oxygen atoms in total. The maximum Gasteiger partial charge on any atom is 0.310 e. The van der Waals surface area contributed by atoms with E-state index in [2.05, 4.69) is 13.8 Å². The molecule has 2 heterocycles. The van der Waals surface area contributed by atoms with Crippen LogP contribution in [0, 0.1) is 11.8 Å². The van der Waals surface area contributed by atoms with Crippen molar-refractivity contribution in [1.29, 1.82) is 0 Å². The smallest absolute Gasteiger partial charge is 0.310 e. The first-order chi connectivity index (χ1) is 11.9. The van der Waals surface area contributed by atoms with Crippen LogP contribution in [0.2, 0.25) is 0 Å². The van der Waals surface area contributed by atoms with Crippen molar-refractivity contribution in [2.24, 2.45) is 11.8 Å². The predicted molar refractivity (Wildman–Crippen MR) is 92.1 cm³/mol. The molecule has 1 aliphatic rings. The summed E-state index contributed by atoms with van der Waals surface area (Å²) in [7, 11) is 0. The zero-order chi connectivity index (χ0) is 18.0. The van der Waals surface area contributed by atoms with Gasteiger partial charge in [-0.05, 0) is 30.4 Å². The van der Waals surface area contributed by atoms with Gasteiger partial charge in [-0.15, -0.1) is 0 Å². The van der Waals surface area contributed by atoms with Crippen molar-refractivity contribution >= 4 is 22.8 Å². The van der Waals surface area contributed by atoms with Crippen molar-refractivity contribution in [2.45, 2.75) is 26.7 Å². The number of rotatable bonds is 4. The molecule has 134 valence electrons. The minimum Gasteiger partial charge on any atom is -0.508 e. The Morgan fingerprint density at radius 2 is 2.00 bits per heavy atom. The molecule has 1 aromatic carbocycles. The lowest BCUT2D eigenvalue weighted by atomic mass is 9.92. The van der Waals surface area contributed by atoms with Crippen LogP contribution >= 0.6 is 0 Å². The normalized spacial score (nSPS) is 20.6. The van der Waals surface area contributed by atoms with E-state index in [1.54, 1.807) is 11.0 Å². The van der Waals surface area contributed by atoms with Crippen LogP contribution in [-0.4, -0.2) is 41.6 Å². The standard InChI is InChI=1S/C19H23NO5/c1-12-5-13(2)9-20(8-12)18(22)11-25-19(23)6-14-10-24-17-7-15(21)3-4-16(14)17/h3-4,7,10,12-13,21H,5-6,8-9,11H2,1-2H3/t12-,13-/m0/s1. The van der Waals surface area contributed by atoms with Crippen LogP contribution in [0.15, 0.2) is 28.9 Å². The molecule has 1 fully saturated rings. The Morgan fingerprint density at radius 3 is 2.72 bits per heavy atom. The number of likely N-dealkylation sites (tertiary alicyclic amines) is 1. The summed E-state index contributed by atoms with van der Waals surface area (Å²) in [5.41, 5.74) is 1.18. The molecule has 0 aliphatic carbocycles. The second-order valence-electron chi connectivity index (χ2n) is 7.02. The molecule has 2 atom stereocenters. The number of aromatic hydroxyl groups is 1. The first kappa shape index (κ1) is 17.3. The molecule has 0 unspecified atom stereocenters. The van der Waals surface area contributed by atoms with Gasteiger partial charge in [0.1, 0.15) is 11.3 Å². The van der Waals surface area contributed by atoms with Crippen molar-refractivity contribution in [3.05, 3.63) is 30.0 Å². The minimum atomic E-state index is -0.470. The van der Waals surface area contributed by atoms with E-state index in [9.17, 15) is 14.7 Å². The molecular formula is C19H23NO5. The number of phenols is 1. The number of amides is 1. The molecule has 3 rings (SSSR count). The molecule has 0 radical (unpaired) electrons. The van der Waals surface area contributed by atoms with Gasteiger partial charge in [-0.2, -0.15) is 0 Å². The van der Waals surface area contributed by atoms with Gasteiger partial charge in [-0.25, -0.2) is 0 Å². The third-order valence-electron chi connectivity index (χ3n) is 4.55. The summed E-state index contributed by atoms with van der Waals surface area (Å²) in [6.07, 6.45) is 2.62. The van der Waals surface area contributed by atoms with E-state index < -0.39 is 5.97 Å². The van der Waals surface area contributed by atoms with Gasteiger partial charge >= 0.3 is 5.97 Å². The zero-order valence-corrected chi connectivity index (χ0v) is 14.5. The van der Waals surface area contributed by atoms with Gasteiger partial charge in [-0.3, -0.25) is 9.59 Å². The summed E-state index contributed by atoms with van der Waals surface area (Å²) >= 11 is 0. The molecule has 2 aromatic rings. The summed E-state index contributed by atoms with van der Waals surface area (Å²) in [5.74, 6) is 0.428. The summed E-state index contributed by atoms with van der Waals surface area (Å²) in [4.78, 5) is 26.1. The number of ether oxygens (including phenoxy) is 1. The van der Waals surface area contributed by atoms with Crippen LogP contribution in [-0.2, 0) is 20.7 Å². The molecule has 1 aliphatic heterocycles. The van der Waals surface area contributed by atoms with Gasteiger partial charge in [0.05, 0.1) is 12.7 Å². The fraction of sp³-hybridized carbons (Fsp3) is 0.474. The van der Waals surface area contributed by atoms with Crippen molar-refractivity contribution < 1.29 is 23.8 Å². The number of piperidine rings is 1. The number of fused-ring (bicyclic) bond motifs is 1. The average molecular weight is 345 g/mol. The van der Waals surface area contributed by atoms with Gasteiger partial charge < -0.3 is 19.2 Å². The molecule has 1 N–H and O–H groups in total. The molecule has 0 spiro atoms. The van der Waals surface area contributed by atoms with E-state index in [1.165, 1.54) is 18.4 Å². The Balaban J connectivity index is 1.54. The lowest BCUT2D eigenvalue weighted by Crippen LogP contribution is -2.44. The first-order valence-electron chi connectivity index (χ1n) is 8.55. The van der Waals surface area contributed by atoms with Crippen molar-refractivity contribution in [2.75, 3.05) is 19.7 Å². The Hall–Kier alpha value is -2.50. The zero-order valence-electron chi connectivity index (χ0n) is 14.5. The Kier molecular flexibility index (Phi) is 4.97. The highest BCUT2D eigenvalue weighted by atomic mass is 16.5. The Labute approximate surface area is 146 Å². The Bertz CT molecular complexity index is 771. The van der Waals surface area contributed by atoms with Gasteiger partial charge in [0.25, 0.3) is 5.91 Å². The molecule has 0 bridgehead atoms. The van der Waals surface area contributed by atoms with E-state index in [0.717, 1.165) is 24.9 Å². The quantitative estimate of drug-likeness (QED) is 0.862. The largest absolute Gasteiger partial charge is 0.508 e. The Morgan fingerprint density at radius 1 is 1.28 bits per heavy atom. The van der Waals surface area contributed by atoms with E-state index in [0.29, 0.717) is 23.0 Å². The third kappa shape index (κ3) is 4.13. The summed E-state index contributed by atoms with van der Waals surface area (Å²) in [6.45, 7) is 5.47. The third-order valence-corrected chi connectivity index (χ3v) is 4.55.